The van der Waals surface area contributed by atoms with Gasteiger partial charge in [-0.3, -0.25) is 14.0 Å². The van der Waals surface area contributed by atoms with E-state index in [0.717, 1.165) is 25.7 Å². The van der Waals surface area contributed by atoms with Crippen LogP contribution in [0, 0.1) is 0 Å². The number of rotatable bonds is 3. The highest BCUT2D eigenvalue weighted by atomic mass is 16.2. The summed E-state index contributed by atoms with van der Waals surface area (Å²) in [6.45, 7) is 5.75. The normalized spacial score (nSPS) is 16.0. The Morgan fingerprint density at radius 3 is 2.52 bits per heavy atom. The maximum Gasteiger partial charge on any atom is 0.287 e. The van der Waals surface area contributed by atoms with Crippen LogP contribution >= 0.6 is 0 Å². The Labute approximate surface area is 148 Å². The third-order valence-corrected chi connectivity index (χ3v) is 4.40. The monoisotopic (exact) mass is 342 g/mol. The zero-order valence-electron chi connectivity index (χ0n) is 15.1. The van der Waals surface area contributed by atoms with Gasteiger partial charge in [0.1, 0.15) is 0 Å². The number of aromatic nitrogens is 2. The van der Waals surface area contributed by atoms with Gasteiger partial charge in [0.05, 0.1) is 5.52 Å². The lowest BCUT2D eigenvalue weighted by atomic mass is 9.95. The maximum absolute atomic E-state index is 12.7. The Bertz CT molecular complexity index is 782. The molecule has 134 valence electrons. The molecule has 0 saturated heterocycles. The van der Waals surface area contributed by atoms with Crippen LogP contribution in [0.1, 0.15) is 74.0 Å². The number of carbonyl (C=O) groups is 2. The highest BCUT2D eigenvalue weighted by molar-refractivity contribution is 6.02. The maximum atomic E-state index is 12.7. The Balaban J connectivity index is 1.90. The number of nitrogens with zero attached hydrogens (tertiary/aromatic N) is 2. The molecule has 2 N–H and O–H groups in total. The predicted octanol–water partition coefficient (Wildman–Crippen LogP) is 2.93. The van der Waals surface area contributed by atoms with Crippen molar-refractivity contribution in [2.45, 2.75) is 64.5 Å². The van der Waals surface area contributed by atoms with Crippen LogP contribution < -0.4 is 10.6 Å². The first-order valence-electron chi connectivity index (χ1n) is 8.95. The average Bonchev–Trinajstić information content (AvgIpc) is 2.94. The number of imidazole rings is 1. The van der Waals surface area contributed by atoms with Crippen LogP contribution in [0.3, 0.4) is 0 Å². The van der Waals surface area contributed by atoms with Crippen LogP contribution in [-0.4, -0.2) is 32.8 Å². The first-order valence-corrected chi connectivity index (χ1v) is 8.95. The summed E-state index contributed by atoms with van der Waals surface area (Å²) in [5.41, 5.74) is 0.550. The topological polar surface area (TPSA) is 75.5 Å². The van der Waals surface area contributed by atoms with E-state index in [1.165, 1.54) is 6.42 Å². The van der Waals surface area contributed by atoms with Crippen molar-refractivity contribution in [3.63, 3.8) is 0 Å². The van der Waals surface area contributed by atoms with Gasteiger partial charge in [0, 0.05) is 17.8 Å². The van der Waals surface area contributed by atoms with Crippen LogP contribution in [0.5, 0.6) is 0 Å². The number of hydrogen-bond donors (Lipinski definition) is 2. The van der Waals surface area contributed by atoms with Crippen molar-refractivity contribution in [1.29, 1.82) is 0 Å². The molecule has 0 aliphatic heterocycles. The lowest BCUT2D eigenvalue weighted by Gasteiger charge is -2.22. The van der Waals surface area contributed by atoms with Crippen LogP contribution in [0.2, 0.25) is 0 Å². The fourth-order valence-corrected chi connectivity index (χ4v) is 3.26. The van der Waals surface area contributed by atoms with Crippen LogP contribution in [-0.2, 0) is 0 Å². The van der Waals surface area contributed by atoms with E-state index in [1.807, 2.05) is 39.0 Å². The van der Waals surface area contributed by atoms with E-state index in [0.29, 0.717) is 5.52 Å². The average molecular weight is 342 g/mol. The van der Waals surface area contributed by atoms with Crippen LogP contribution in [0.25, 0.3) is 5.52 Å². The summed E-state index contributed by atoms with van der Waals surface area (Å²) < 4.78 is 1.69. The molecule has 0 aromatic carbocycles. The van der Waals surface area contributed by atoms with Crippen molar-refractivity contribution < 1.29 is 9.59 Å². The van der Waals surface area contributed by atoms with Gasteiger partial charge in [0.25, 0.3) is 11.8 Å². The fourth-order valence-electron chi connectivity index (χ4n) is 3.26. The molecule has 0 radical (unpaired) electrons. The number of amides is 2. The molecule has 1 aliphatic rings. The Morgan fingerprint density at radius 2 is 1.84 bits per heavy atom. The van der Waals surface area contributed by atoms with Gasteiger partial charge in [0.15, 0.2) is 5.69 Å². The highest BCUT2D eigenvalue weighted by Gasteiger charge is 2.25. The van der Waals surface area contributed by atoms with E-state index in [-0.39, 0.29) is 34.9 Å². The first-order chi connectivity index (χ1) is 11.8. The Kier molecular flexibility index (Phi) is 4.79. The van der Waals surface area contributed by atoms with E-state index < -0.39 is 0 Å². The molecule has 2 aromatic heterocycles. The zero-order chi connectivity index (χ0) is 18.0. The highest BCUT2D eigenvalue weighted by Crippen LogP contribution is 2.19. The van der Waals surface area contributed by atoms with Crippen molar-refractivity contribution in [2.24, 2.45) is 0 Å². The van der Waals surface area contributed by atoms with E-state index in [4.69, 9.17) is 0 Å². The second-order valence-electron chi connectivity index (χ2n) is 7.75. The van der Waals surface area contributed by atoms with Gasteiger partial charge < -0.3 is 10.6 Å². The second kappa shape index (κ2) is 6.86. The smallest absolute Gasteiger partial charge is 0.287 e. The van der Waals surface area contributed by atoms with Gasteiger partial charge in [0.2, 0.25) is 5.82 Å². The largest absolute Gasteiger partial charge is 0.347 e. The number of pyridine rings is 1. The molecule has 3 rings (SSSR count). The van der Waals surface area contributed by atoms with Crippen molar-refractivity contribution >= 4 is 17.3 Å². The molecule has 2 amide bonds. The molecule has 0 spiro atoms. The van der Waals surface area contributed by atoms with Crippen LogP contribution in [0.4, 0.5) is 0 Å². The summed E-state index contributed by atoms with van der Waals surface area (Å²) >= 11 is 0. The fraction of sp³-hybridized carbons (Fsp3) is 0.526. The summed E-state index contributed by atoms with van der Waals surface area (Å²) in [5.74, 6) is -0.226. The number of nitrogens with one attached hydrogen (secondary N) is 2. The molecule has 1 fully saturated rings. The third kappa shape index (κ3) is 4.00. The van der Waals surface area contributed by atoms with Gasteiger partial charge >= 0.3 is 0 Å². The molecule has 1 aliphatic carbocycles. The predicted molar refractivity (Wildman–Crippen MR) is 96.8 cm³/mol. The molecular formula is C19H26N4O2. The minimum Gasteiger partial charge on any atom is -0.347 e. The van der Waals surface area contributed by atoms with Gasteiger partial charge in [-0.05, 0) is 45.7 Å². The molecule has 0 bridgehead atoms. The molecule has 25 heavy (non-hydrogen) atoms. The molecule has 6 nitrogen and oxygen atoms in total. The molecule has 0 unspecified atom stereocenters. The lowest BCUT2D eigenvalue weighted by Crippen LogP contribution is -2.41. The van der Waals surface area contributed by atoms with Crippen molar-refractivity contribution in [3.05, 3.63) is 35.9 Å². The quantitative estimate of drug-likeness (QED) is 0.900. The third-order valence-electron chi connectivity index (χ3n) is 4.40. The number of fused-ring (bicyclic) bond motifs is 1. The zero-order valence-corrected chi connectivity index (χ0v) is 15.1. The van der Waals surface area contributed by atoms with E-state index in [9.17, 15) is 9.59 Å². The van der Waals surface area contributed by atoms with Crippen molar-refractivity contribution in [1.82, 2.24) is 20.0 Å². The van der Waals surface area contributed by atoms with E-state index in [2.05, 4.69) is 15.6 Å². The van der Waals surface area contributed by atoms with Gasteiger partial charge in [-0.2, -0.15) is 0 Å². The van der Waals surface area contributed by atoms with E-state index >= 15 is 0 Å². The molecule has 2 aromatic rings. The molecule has 1 saturated carbocycles. The Hall–Kier alpha value is -2.37. The molecule has 2 heterocycles. The summed E-state index contributed by atoms with van der Waals surface area (Å²) in [4.78, 5) is 29.7. The summed E-state index contributed by atoms with van der Waals surface area (Å²) in [7, 11) is 0. The van der Waals surface area contributed by atoms with Crippen LogP contribution in [0.15, 0.2) is 24.4 Å². The first kappa shape index (κ1) is 17.5. The lowest BCUT2D eigenvalue weighted by molar-refractivity contribution is 0.0916. The minimum absolute atomic E-state index is 0.198. The molecular weight excluding hydrogens is 316 g/mol. The van der Waals surface area contributed by atoms with Gasteiger partial charge in [-0.1, -0.05) is 25.3 Å². The van der Waals surface area contributed by atoms with Gasteiger partial charge in [-0.15, -0.1) is 0 Å². The Morgan fingerprint density at radius 1 is 1.12 bits per heavy atom. The summed E-state index contributed by atoms with van der Waals surface area (Å²) in [6, 6.07) is 5.68. The summed E-state index contributed by atoms with van der Waals surface area (Å²) in [6.07, 6.45) is 7.31. The minimum atomic E-state index is -0.369. The number of hydrogen-bond acceptors (Lipinski definition) is 3. The molecule has 6 heteroatoms. The SMILES string of the molecule is CC(C)(C)NC(=O)c1nc(C(=O)NC2CCCCC2)n2ccccc12. The number of carbonyl (C=O) groups excluding carboxylic acids is 2. The standard InChI is InChI=1S/C19H26N4O2/c1-19(2,3)22-17(24)15-14-11-7-8-12-23(14)16(21-15)18(25)20-13-9-5-4-6-10-13/h7-8,11-13H,4-6,9-10H2,1-3H3,(H,20,25)(H,22,24). The van der Waals surface area contributed by atoms with Gasteiger partial charge in [-0.25, -0.2) is 4.98 Å². The molecule has 0 atom stereocenters. The summed E-state index contributed by atoms with van der Waals surface area (Å²) in [5, 5.41) is 5.99. The van der Waals surface area contributed by atoms with Crippen molar-refractivity contribution in [3.8, 4) is 0 Å². The second-order valence-corrected chi connectivity index (χ2v) is 7.75. The van der Waals surface area contributed by atoms with Crippen molar-refractivity contribution in [2.75, 3.05) is 0 Å². The van der Waals surface area contributed by atoms with E-state index in [1.54, 1.807) is 10.6 Å².